The van der Waals surface area contributed by atoms with Gasteiger partial charge in [-0.2, -0.15) is 0 Å². The zero-order valence-electron chi connectivity index (χ0n) is 20.5. The molecule has 38 heavy (non-hydrogen) atoms. The fraction of sp³-hybridized carbons (Fsp3) is 0.333. The van der Waals surface area contributed by atoms with Crippen LogP contribution in [0.2, 0.25) is 0 Å². The number of anilines is 1. The van der Waals surface area contributed by atoms with Gasteiger partial charge < -0.3 is 9.64 Å². The molecule has 1 aromatic heterocycles. The highest BCUT2D eigenvalue weighted by atomic mass is 79.9. The maximum Gasteiger partial charge on any atom is 0.308 e. The highest BCUT2D eigenvalue weighted by Gasteiger charge is 2.56. The molecular weight excluding hydrogens is 590 g/mol. The van der Waals surface area contributed by atoms with Crippen molar-refractivity contribution in [3.8, 4) is 0 Å². The molecule has 11 heteroatoms. The molecule has 0 saturated carbocycles. The second-order valence-electron chi connectivity index (χ2n) is 9.56. The van der Waals surface area contributed by atoms with Crippen molar-refractivity contribution in [1.82, 2.24) is 9.47 Å². The van der Waals surface area contributed by atoms with E-state index in [1.807, 2.05) is 43.3 Å². The van der Waals surface area contributed by atoms with E-state index in [1.165, 1.54) is 21.2 Å². The minimum absolute atomic E-state index is 0.107. The van der Waals surface area contributed by atoms with Crippen molar-refractivity contribution in [3.63, 3.8) is 0 Å². The lowest BCUT2D eigenvalue weighted by atomic mass is 9.83. The van der Waals surface area contributed by atoms with Gasteiger partial charge in [0.15, 0.2) is 0 Å². The lowest BCUT2D eigenvalue weighted by Gasteiger charge is -2.31. The first-order valence-electron chi connectivity index (χ1n) is 12.3. The van der Waals surface area contributed by atoms with E-state index in [0.717, 1.165) is 31.8 Å². The number of aromatic nitrogens is 1. The van der Waals surface area contributed by atoms with Gasteiger partial charge >= 0.3 is 4.87 Å². The van der Waals surface area contributed by atoms with Gasteiger partial charge in [0.05, 0.1) is 29.8 Å². The van der Waals surface area contributed by atoms with Crippen LogP contribution in [0.5, 0.6) is 0 Å². The average Bonchev–Trinajstić information content (AvgIpc) is 3.36. The molecule has 0 N–H and O–H groups in total. The predicted octanol–water partition coefficient (Wildman–Crippen LogP) is 3.64. The predicted molar refractivity (Wildman–Crippen MR) is 149 cm³/mol. The van der Waals surface area contributed by atoms with Gasteiger partial charge in [-0.1, -0.05) is 68.9 Å². The average molecular weight is 615 g/mol. The molecule has 2 aromatic carbocycles. The standard InChI is InChI=1S/C27H24BrN3O5S2/c1-15-5-7-18(8-6-15)31-24(33)21-20(16-3-2-4-17(28)13-16)23-26(37-22(21)25(31)34)30(27(35)38-23)14-19(32)29-9-11-36-12-10-29/h2-8,13,20-22H,9-12,14H2,1H3. The van der Waals surface area contributed by atoms with Crippen molar-refractivity contribution in [2.45, 2.75) is 29.7 Å². The van der Waals surface area contributed by atoms with Crippen molar-refractivity contribution in [2.75, 3.05) is 31.2 Å². The van der Waals surface area contributed by atoms with E-state index in [0.29, 0.717) is 37.0 Å². The van der Waals surface area contributed by atoms with Gasteiger partial charge in [-0.25, -0.2) is 4.90 Å². The molecule has 3 unspecified atom stereocenters. The highest BCUT2D eigenvalue weighted by Crippen LogP contribution is 2.54. The van der Waals surface area contributed by atoms with E-state index in [-0.39, 0.29) is 29.1 Å². The summed E-state index contributed by atoms with van der Waals surface area (Å²) in [6.45, 7) is 3.75. The molecule has 8 nitrogen and oxygen atoms in total. The third-order valence-electron chi connectivity index (χ3n) is 7.21. The lowest BCUT2D eigenvalue weighted by molar-refractivity contribution is -0.136. The number of fused-ring (bicyclic) bond motifs is 2. The van der Waals surface area contributed by atoms with Crippen molar-refractivity contribution in [3.05, 3.63) is 78.7 Å². The van der Waals surface area contributed by atoms with E-state index in [2.05, 4.69) is 15.9 Å². The van der Waals surface area contributed by atoms with E-state index in [4.69, 9.17) is 4.74 Å². The Morgan fingerprint density at radius 2 is 1.79 bits per heavy atom. The quantitative estimate of drug-likeness (QED) is 0.418. The molecule has 3 aliphatic heterocycles. The fourth-order valence-corrected chi connectivity index (χ4v) is 8.50. The number of aryl methyl sites for hydroxylation is 1. The number of rotatable bonds is 4. The number of carbonyl (C=O) groups excluding carboxylic acids is 3. The number of carbonyl (C=O) groups is 3. The topological polar surface area (TPSA) is 88.9 Å². The molecule has 3 atom stereocenters. The number of hydrogen-bond donors (Lipinski definition) is 0. The maximum atomic E-state index is 13.9. The van der Waals surface area contributed by atoms with E-state index in [9.17, 15) is 19.2 Å². The van der Waals surface area contributed by atoms with Crippen molar-refractivity contribution < 1.29 is 19.1 Å². The number of hydrogen-bond acceptors (Lipinski definition) is 7. The summed E-state index contributed by atoms with van der Waals surface area (Å²) >= 11 is 5.82. The number of nitrogens with zero attached hydrogens (tertiary/aromatic N) is 3. The van der Waals surface area contributed by atoms with Crippen LogP contribution in [-0.2, 0) is 25.7 Å². The first-order chi connectivity index (χ1) is 18.3. The monoisotopic (exact) mass is 613 g/mol. The Balaban J connectivity index is 1.44. The molecule has 4 heterocycles. The Hall–Kier alpha value is -2.73. The molecule has 2 saturated heterocycles. The summed E-state index contributed by atoms with van der Waals surface area (Å²) in [5, 5.41) is -0.112. The second-order valence-corrected chi connectivity index (χ2v) is 12.6. The summed E-state index contributed by atoms with van der Waals surface area (Å²) < 4.78 is 7.67. The molecule has 3 aromatic rings. The van der Waals surface area contributed by atoms with Crippen molar-refractivity contribution in [2.24, 2.45) is 5.92 Å². The molecule has 3 amide bonds. The zero-order valence-corrected chi connectivity index (χ0v) is 23.7. The molecule has 0 aliphatic carbocycles. The smallest absolute Gasteiger partial charge is 0.308 e. The molecule has 0 spiro atoms. The number of imide groups is 1. The Morgan fingerprint density at radius 3 is 2.50 bits per heavy atom. The Morgan fingerprint density at radius 1 is 1.05 bits per heavy atom. The molecule has 0 bridgehead atoms. The number of thioether (sulfide) groups is 1. The Kier molecular flexibility index (Phi) is 6.79. The number of halogens is 1. The molecule has 3 aliphatic rings. The number of benzene rings is 2. The van der Waals surface area contributed by atoms with Crippen LogP contribution in [-0.4, -0.2) is 58.7 Å². The maximum absolute atomic E-state index is 13.9. The van der Waals surface area contributed by atoms with E-state index in [1.54, 1.807) is 17.0 Å². The lowest BCUT2D eigenvalue weighted by Crippen LogP contribution is -2.43. The molecular formula is C27H24BrN3O5S2. The Labute approximate surface area is 235 Å². The van der Waals surface area contributed by atoms with Crippen LogP contribution < -0.4 is 9.77 Å². The summed E-state index contributed by atoms with van der Waals surface area (Å²) in [7, 11) is 0. The summed E-state index contributed by atoms with van der Waals surface area (Å²) in [6, 6.07) is 15.0. The van der Waals surface area contributed by atoms with Gasteiger partial charge in [-0.05, 0) is 36.8 Å². The number of morpholine rings is 1. The summed E-state index contributed by atoms with van der Waals surface area (Å²) in [5.74, 6) is -1.89. The van der Waals surface area contributed by atoms with Crippen LogP contribution in [0.3, 0.4) is 0 Å². The van der Waals surface area contributed by atoms with E-state index < -0.39 is 17.1 Å². The molecule has 0 radical (unpaired) electrons. The first kappa shape index (κ1) is 25.5. The zero-order chi connectivity index (χ0) is 26.6. The van der Waals surface area contributed by atoms with Crippen LogP contribution >= 0.6 is 39.0 Å². The number of ether oxygens (including phenoxy) is 1. The van der Waals surface area contributed by atoms with Crippen molar-refractivity contribution in [1.29, 1.82) is 0 Å². The van der Waals surface area contributed by atoms with Crippen LogP contribution in [0.4, 0.5) is 5.69 Å². The van der Waals surface area contributed by atoms with Crippen molar-refractivity contribution >= 4 is 62.4 Å². The first-order valence-corrected chi connectivity index (χ1v) is 14.8. The largest absolute Gasteiger partial charge is 0.378 e. The number of amides is 3. The van der Waals surface area contributed by atoms with Gasteiger partial charge in [0.25, 0.3) is 0 Å². The van der Waals surface area contributed by atoms with Crippen LogP contribution in [0.25, 0.3) is 0 Å². The third kappa shape index (κ3) is 4.35. The summed E-state index contributed by atoms with van der Waals surface area (Å²) in [5.41, 5.74) is 2.41. The van der Waals surface area contributed by atoms with Gasteiger partial charge in [-0.3, -0.25) is 23.7 Å². The summed E-state index contributed by atoms with van der Waals surface area (Å²) in [6.07, 6.45) is 0. The van der Waals surface area contributed by atoms with Gasteiger partial charge in [0.2, 0.25) is 17.7 Å². The van der Waals surface area contributed by atoms with Gasteiger partial charge in [0.1, 0.15) is 11.8 Å². The highest BCUT2D eigenvalue weighted by molar-refractivity contribution is 9.10. The van der Waals surface area contributed by atoms with Crippen LogP contribution in [0.15, 0.2) is 62.8 Å². The normalized spacial score (nSPS) is 22.9. The minimum Gasteiger partial charge on any atom is -0.378 e. The fourth-order valence-electron chi connectivity index (χ4n) is 5.31. The third-order valence-corrected chi connectivity index (χ3v) is 10.3. The SMILES string of the molecule is Cc1ccc(N2C(=O)C3Sc4c(sc(=O)n4CC(=O)N4CCOCC4)C(c4cccc(Br)c4)C3C2=O)cc1. The number of thiazole rings is 1. The van der Waals surface area contributed by atoms with Crippen LogP contribution in [0, 0.1) is 12.8 Å². The van der Waals surface area contributed by atoms with Gasteiger partial charge in [0, 0.05) is 28.4 Å². The second kappa shape index (κ2) is 10.1. The molecule has 196 valence electrons. The minimum atomic E-state index is -0.709. The summed E-state index contributed by atoms with van der Waals surface area (Å²) in [4.78, 5) is 57.5. The van der Waals surface area contributed by atoms with E-state index >= 15 is 0 Å². The molecule has 2 fully saturated rings. The molecule has 6 rings (SSSR count). The van der Waals surface area contributed by atoms with Gasteiger partial charge in [-0.15, -0.1) is 0 Å². The Bertz CT molecular complexity index is 1500. The van der Waals surface area contributed by atoms with Crippen LogP contribution in [0.1, 0.15) is 21.9 Å².